The Balaban J connectivity index is 1.41. The molecule has 0 aliphatic carbocycles. The van der Waals surface area contributed by atoms with Gasteiger partial charge in [0.2, 0.25) is 0 Å². The van der Waals surface area contributed by atoms with Crippen molar-refractivity contribution in [2.45, 2.75) is 12.8 Å². The molecule has 2 aromatic carbocycles. The van der Waals surface area contributed by atoms with E-state index in [9.17, 15) is 9.59 Å². The van der Waals surface area contributed by atoms with Gasteiger partial charge in [0.05, 0.1) is 0 Å². The van der Waals surface area contributed by atoms with Crippen molar-refractivity contribution in [3.63, 3.8) is 0 Å². The predicted molar refractivity (Wildman–Crippen MR) is 110 cm³/mol. The SMILES string of the molecule is O=C(c1ccc(Oc2ccccc2)cc1)C1CCCN(C(=O)c2ccccn2)C1. The van der Waals surface area contributed by atoms with Crippen LogP contribution in [0.1, 0.15) is 33.7 Å². The van der Waals surface area contributed by atoms with Gasteiger partial charge < -0.3 is 9.64 Å². The number of Topliss-reactive ketones (excluding diaryl/α,β-unsaturated/α-hetero) is 1. The summed E-state index contributed by atoms with van der Waals surface area (Å²) in [7, 11) is 0. The molecule has 3 aromatic rings. The number of rotatable bonds is 5. The number of ether oxygens (including phenoxy) is 1. The number of hydrogen-bond acceptors (Lipinski definition) is 4. The van der Waals surface area contributed by atoms with Crippen molar-refractivity contribution in [3.05, 3.63) is 90.3 Å². The summed E-state index contributed by atoms with van der Waals surface area (Å²) in [6.07, 6.45) is 3.20. The van der Waals surface area contributed by atoms with Gasteiger partial charge >= 0.3 is 0 Å². The van der Waals surface area contributed by atoms with Gasteiger partial charge in [0.15, 0.2) is 5.78 Å². The van der Waals surface area contributed by atoms with Gasteiger partial charge in [-0.1, -0.05) is 24.3 Å². The van der Waals surface area contributed by atoms with E-state index in [0.717, 1.165) is 18.6 Å². The zero-order chi connectivity index (χ0) is 20.1. The Bertz CT molecular complexity index is 972. The number of amides is 1. The van der Waals surface area contributed by atoms with Gasteiger partial charge in [0.1, 0.15) is 17.2 Å². The van der Waals surface area contributed by atoms with E-state index in [1.165, 1.54) is 0 Å². The van der Waals surface area contributed by atoms with Gasteiger partial charge in [-0.05, 0) is 61.4 Å². The molecule has 1 unspecified atom stereocenters. The number of pyridine rings is 1. The van der Waals surface area contributed by atoms with Crippen LogP contribution in [0.3, 0.4) is 0 Å². The van der Waals surface area contributed by atoms with E-state index < -0.39 is 0 Å². The van der Waals surface area contributed by atoms with Crippen molar-refractivity contribution in [1.29, 1.82) is 0 Å². The molecule has 29 heavy (non-hydrogen) atoms. The van der Waals surface area contributed by atoms with E-state index in [1.54, 1.807) is 53.6 Å². The van der Waals surface area contributed by atoms with Crippen molar-refractivity contribution in [2.24, 2.45) is 5.92 Å². The van der Waals surface area contributed by atoms with Crippen LogP contribution >= 0.6 is 0 Å². The zero-order valence-electron chi connectivity index (χ0n) is 16.0. The number of benzene rings is 2. The molecule has 146 valence electrons. The molecule has 5 nitrogen and oxygen atoms in total. The zero-order valence-corrected chi connectivity index (χ0v) is 16.0. The Labute approximate surface area is 170 Å². The van der Waals surface area contributed by atoms with Crippen molar-refractivity contribution < 1.29 is 14.3 Å². The molecule has 0 spiro atoms. The first-order chi connectivity index (χ1) is 14.2. The van der Waals surface area contributed by atoms with Gasteiger partial charge in [-0.3, -0.25) is 14.6 Å². The second-order valence-electron chi connectivity index (χ2n) is 7.11. The smallest absolute Gasteiger partial charge is 0.272 e. The first-order valence-corrected chi connectivity index (χ1v) is 9.78. The minimum atomic E-state index is -0.197. The first-order valence-electron chi connectivity index (χ1n) is 9.78. The quantitative estimate of drug-likeness (QED) is 0.601. The number of ketones is 1. The fraction of sp³-hybridized carbons (Fsp3) is 0.208. The van der Waals surface area contributed by atoms with Gasteiger partial charge in [0, 0.05) is 30.8 Å². The Morgan fingerprint density at radius 3 is 2.34 bits per heavy atom. The number of para-hydroxylation sites is 1. The molecule has 1 amide bonds. The molecule has 1 fully saturated rings. The van der Waals surface area contributed by atoms with Crippen molar-refractivity contribution in [1.82, 2.24) is 9.88 Å². The second-order valence-corrected chi connectivity index (χ2v) is 7.11. The number of nitrogens with zero attached hydrogens (tertiary/aromatic N) is 2. The molecule has 5 heteroatoms. The molecule has 1 atom stereocenters. The summed E-state index contributed by atoms with van der Waals surface area (Å²) < 4.78 is 5.78. The average Bonchev–Trinajstić information content (AvgIpc) is 2.80. The van der Waals surface area contributed by atoms with Crippen LogP contribution in [0.2, 0.25) is 0 Å². The maximum Gasteiger partial charge on any atom is 0.272 e. The number of carbonyl (C=O) groups excluding carboxylic acids is 2. The Kier molecular flexibility index (Phi) is 5.66. The van der Waals surface area contributed by atoms with E-state index in [-0.39, 0.29) is 17.6 Å². The number of aromatic nitrogens is 1. The lowest BCUT2D eigenvalue weighted by molar-refractivity contribution is 0.0632. The standard InChI is InChI=1S/C24H22N2O3/c27-23(18-11-13-21(14-12-18)29-20-8-2-1-3-9-20)19-7-6-16-26(17-19)24(28)22-10-4-5-15-25-22/h1-5,8-15,19H,6-7,16-17H2. The molecule has 0 radical (unpaired) electrons. The van der Waals surface area contributed by atoms with Crippen LogP contribution in [0.5, 0.6) is 11.5 Å². The lowest BCUT2D eigenvalue weighted by Gasteiger charge is -2.31. The molecule has 0 bridgehead atoms. The molecular formula is C24H22N2O3. The highest BCUT2D eigenvalue weighted by molar-refractivity contribution is 5.99. The molecule has 0 N–H and O–H groups in total. The maximum atomic E-state index is 13.0. The number of hydrogen-bond donors (Lipinski definition) is 0. The predicted octanol–water partition coefficient (Wildman–Crippen LogP) is 4.61. The molecule has 4 rings (SSSR count). The number of carbonyl (C=O) groups is 2. The van der Waals surface area contributed by atoms with Crippen LogP contribution < -0.4 is 4.74 Å². The molecule has 1 saturated heterocycles. The Morgan fingerprint density at radius 2 is 1.62 bits per heavy atom. The summed E-state index contributed by atoms with van der Waals surface area (Å²) in [6.45, 7) is 1.08. The minimum absolute atomic E-state index is 0.0646. The second kappa shape index (κ2) is 8.69. The van der Waals surface area contributed by atoms with Crippen molar-refractivity contribution in [2.75, 3.05) is 13.1 Å². The maximum absolute atomic E-state index is 13.0. The molecule has 1 aliphatic heterocycles. The third kappa shape index (κ3) is 4.51. The Hall–Kier alpha value is -3.47. The largest absolute Gasteiger partial charge is 0.457 e. The van der Waals surface area contributed by atoms with Crippen LogP contribution in [-0.2, 0) is 0 Å². The van der Waals surface area contributed by atoms with Crippen LogP contribution in [0.4, 0.5) is 0 Å². The van der Waals surface area contributed by atoms with E-state index in [1.807, 2.05) is 30.3 Å². The molecular weight excluding hydrogens is 364 g/mol. The summed E-state index contributed by atoms with van der Waals surface area (Å²) in [6, 6.07) is 22.0. The molecule has 1 aromatic heterocycles. The summed E-state index contributed by atoms with van der Waals surface area (Å²) in [5.74, 6) is 1.19. The van der Waals surface area contributed by atoms with Crippen molar-refractivity contribution >= 4 is 11.7 Å². The normalized spacial score (nSPS) is 16.3. The number of piperidine rings is 1. The third-order valence-corrected chi connectivity index (χ3v) is 5.08. The summed E-state index contributed by atoms with van der Waals surface area (Å²) in [4.78, 5) is 31.5. The molecule has 1 aliphatic rings. The minimum Gasteiger partial charge on any atom is -0.457 e. The molecule has 0 saturated carbocycles. The fourth-order valence-corrected chi connectivity index (χ4v) is 3.57. The topological polar surface area (TPSA) is 59.5 Å². The van der Waals surface area contributed by atoms with Gasteiger partial charge in [0.25, 0.3) is 5.91 Å². The monoisotopic (exact) mass is 386 g/mol. The number of likely N-dealkylation sites (tertiary alicyclic amines) is 1. The Morgan fingerprint density at radius 1 is 0.897 bits per heavy atom. The van der Waals surface area contributed by atoms with E-state index in [0.29, 0.717) is 30.1 Å². The van der Waals surface area contributed by atoms with Crippen LogP contribution in [0, 0.1) is 5.92 Å². The third-order valence-electron chi connectivity index (χ3n) is 5.08. The van der Waals surface area contributed by atoms with Crippen LogP contribution in [0.25, 0.3) is 0 Å². The van der Waals surface area contributed by atoms with E-state index in [4.69, 9.17) is 4.74 Å². The lowest BCUT2D eigenvalue weighted by atomic mass is 9.90. The highest BCUT2D eigenvalue weighted by Gasteiger charge is 2.29. The first kappa shape index (κ1) is 18.9. The summed E-state index contributed by atoms with van der Waals surface area (Å²) >= 11 is 0. The van der Waals surface area contributed by atoms with Crippen LogP contribution in [-0.4, -0.2) is 34.7 Å². The highest BCUT2D eigenvalue weighted by Crippen LogP contribution is 2.25. The average molecular weight is 386 g/mol. The lowest BCUT2D eigenvalue weighted by Crippen LogP contribution is -2.42. The summed E-state index contributed by atoms with van der Waals surface area (Å²) in [5, 5.41) is 0. The van der Waals surface area contributed by atoms with Gasteiger partial charge in [-0.2, -0.15) is 0 Å². The van der Waals surface area contributed by atoms with Crippen molar-refractivity contribution in [3.8, 4) is 11.5 Å². The van der Waals surface area contributed by atoms with Crippen LogP contribution in [0.15, 0.2) is 79.0 Å². The summed E-state index contributed by atoms with van der Waals surface area (Å²) in [5.41, 5.74) is 1.06. The van der Waals surface area contributed by atoms with E-state index >= 15 is 0 Å². The van der Waals surface area contributed by atoms with E-state index in [2.05, 4.69) is 4.98 Å². The molecule has 2 heterocycles. The van der Waals surface area contributed by atoms with Gasteiger partial charge in [-0.25, -0.2) is 0 Å². The highest BCUT2D eigenvalue weighted by atomic mass is 16.5. The fourth-order valence-electron chi connectivity index (χ4n) is 3.57. The van der Waals surface area contributed by atoms with Gasteiger partial charge in [-0.15, -0.1) is 0 Å².